The van der Waals surface area contributed by atoms with Crippen molar-refractivity contribution in [2.24, 2.45) is 0 Å². The van der Waals surface area contributed by atoms with Crippen molar-refractivity contribution in [3.05, 3.63) is 11.6 Å². The Morgan fingerprint density at radius 3 is 2.56 bits per heavy atom. The lowest BCUT2D eigenvalue weighted by atomic mass is 10.5. The van der Waals surface area contributed by atoms with E-state index in [9.17, 15) is 0 Å². The summed E-state index contributed by atoms with van der Waals surface area (Å²) in [5, 5.41) is 11.2. The molecule has 0 saturated heterocycles. The minimum Gasteiger partial charge on any atom is -0.353 e. The lowest BCUT2D eigenvalue weighted by molar-refractivity contribution is 0.869. The van der Waals surface area contributed by atoms with Gasteiger partial charge in [0, 0.05) is 6.54 Å². The maximum absolute atomic E-state index is 8.38. The largest absolute Gasteiger partial charge is 0.353 e. The average Bonchev–Trinajstić information content (AvgIpc) is 2.16. The molecule has 0 atom stereocenters. The van der Waals surface area contributed by atoms with Crippen molar-refractivity contribution in [1.82, 2.24) is 15.0 Å². The highest BCUT2D eigenvalue weighted by Gasteiger charge is 2.27. The molecular weight excluding hydrogens is 272 g/mol. The van der Waals surface area contributed by atoms with E-state index in [4.69, 9.17) is 40.1 Å². The summed E-state index contributed by atoms with van der Waals surface area (Å²) < 4.78 is -1.68. The molecule has 16 heavy (non-hydrogen) atoms. The second-order valence-electron chi connectivity index (χ2n) is 2.86. The first-order chi connectivity index (χ1) is 7.43. The van der Waals surface area contributed by atoms with Crippen molar-refractivity contribution in [3.63, 3.8) is 0 Å². The predicted octanol–water partition coefficient (Wildman–Crippen LogP) is 2.33. The number of nitriles is 1. The number of aromatic nitrogens is 3. The number of aryl methyl sites for hydroxylation is 1. The van der Waals surface area contributed by atoms with E-state index < -0.39 is 3.79 Å². The first-order valence-electron chi connectivity index (χ1n) is 4.34. The Labute approximate surface area is 108 Å². The van der Waals surface area contributed by atoms with Gasteiger partial charge in [0.15, 0.2) is 5.82 Å². The quantitative estimate of drug-likeness (QED) is 0.679. The van der Waals surface area contributed by atoms with E-state index in [0.29, 0.717) is 24.7 Å². The van der Waals surface area contributed by atoms with Crippen molar-refractivity contribution < 1.29 is 0 Å². The molecule has 0 aliphatic carbocycles. The first-order valence-corrected chi connectivity index (χ1v) is 5.47. The summed E-state index contributed by atoms with van der Waals surface area (Å²) in [6, 6.07) is 1.99. The normalized spacial score (nSPS) is 10.9. The molecule has 8 heteroatoms. The number of anilines is 1. The third-order valence-corrected chi connectivity index (χ3v) is 2.03. The van der Waals surface area contributed by atoms with Crippen LogP contribution in [0.15, 0.2) is 0 Å². The number of rotatable bonds is 3. The van der Waals surface area contributed by atoms with Gasteiger partial charge in [-0.1, -0.05) is 34.8 Å². The predicted molar refractivity (Wildman–Crippen MR) is 62.5 cm³/mol. The van der Waals surface area contributed by atoms with Crippen molar-refractivity contribution in [1.29, 1.82) is 5.26 Å². The van der Waals surface area contributed by atoms with Crippen LogP contribution in [0.4, 0.5) is 5.95 Å². The number of nitrogens with zero attached hydrogens (tertiary/aromatic N) is 4. The topological polar surface area (TPSA) is 74.5 Å². The summed E-state index contributed by atoms with van der Waals surface area (Å²) in [5.41, 5.74) is 0. The standard InChI is InChI=1S/C8H8Cl3N5/c1-5-14-6(8(9,10)11)16-7(15-5)13-4-2-3-12/h2,4H2,1H3,(H,13,14,15,16). The van der Waals surface area contributed by atoms with E-state index in [1.165, 1.54) is 0 Å². The molecule has 1 heterocycles. The first kappa shape index (κ1) is 13.2. The van der Waals surface area contributed by atoms with Crippen LogP contribution in [0.5, 0.6) is 0 Å². The van der Waals surface area contributed by atoms with Crippen molar-refractivity contribution in [2.45, 2.75) is 17.1 Å². The minimum absolute atomic E-state index is 0.0597. The van der Waals surface area contributed by atoms with Crippen LogP contribution >= 0.6 is 34.8 Å². The summed E-state index contributed by atoms with van der Waals surface area (Å²) in [6.07, 6.45) is 0.341. The van der Waals surface area contributed by atoms with E-state index >= 15 is 0 Å². The Bertz CT molecular complexity index is 409. The molecule has 0 bridgehead atoms. The van der Waals surface area contributed by atoms with E-state index in [-0.39, 0.29) is 5.82 Å². The average molecular weight is 281 g/mol. The molecule has 0 aliphatic rings. The molecule has 0 spiro atoms. The molecule has 0 saturated carbocycles. The van der Waals surface area contributed by atoms with E-state index in [1.807, 2.05) is 6.07 Å². The Kier molecular flexibility index (Phi) is 4.54. The zero-order valence-corrected chi connectivity index (χ0v) is 10.6. The van der Waals surface area contributed by atoms with Gasteiger partial charge in [0.05, 0.1) is 12.5 Å². The van der Waals surface area contributed by atoms with Crippen LogP contribution < -0.4 is 5.32 Å². The Hall–Kier alpha value is -0.830. The molecule has 0 fully saturated rings. The van der Waals surface area contributed by atoms with Crippen molar-refractivity contribution in [3.8, 4) is 6.07 Å². The lowest BCUT2D eigenvalue weighted by Gasteiger charge is -2.11. The molecule has 0 aliphatic heterocycles. The second-order valence-corrected chi connectivity index (χ2v) is 5.14. The van der Waals surface area contributed by atoms with Gasteiger partial charge in [0.2, 0.25) is 9.74 Å². The van der Waals surface area contributed by atoms with Gasteiger partial charge in [-0.15, -0.1) is 0 Å². The van der Waals surface area contributed by atoms with Crippen LogP contribution in [0.1, 0.15) is 18.1 Å². The van der Waals surface area contributed by atoms with Crippen molar-refractivity contribution in [2.75, 3.05) is 11.9 Å². The SMILES string of the molecule is Cc1nc(NCCC#N)nc(C(Cl)(Cl)Cl)n1. The van der Waals surface area contributed by atoms with E-state index in [0.717, 1.165) is 0 Å². The molecule has 1 N–H and O–H groups in total. The number of halogens is 3. The molecule has 0 unspecified atom stereocenters. The van der Waals surface area contributed by atoms with Crippen LogP contribution in [0.3, 0.4) is 0 Å². The van der Waals surface area contributed by atoms with Crippen LogP contribution in [0.25, 0.3) is 0 Å². The minimum atomic E-state index is -1.68. The Balaban J connectivity index is 2.87. The fourth-order valence-corrected chi connectivity index (χ4v) is 1.17. The fraction of sp³-hybridized carbons (Fsp3) is 0.500. The third kappa shape index (κ3) is 3.97. The van der Waals surface area contributed by atoms with E-state index in [1.54, 1.807) is 6.92 Å². The zero-order valence-electron chi connectivity index (χ0n) is 8.34. The van der Waals surface area contributed by atoms with Gasteiger partial charge in [-0.25, -0.2) is 4.98 Å². The lowest BCUT2D eigenvalue weighted by Crippen LogP contribution is -2.14. The van der Waals surface area contributed by atoms with Crippen LogP contribution in [0, 0.1) is 18.3 Å². The molecule has 5 nitrogen and oxygen atoms in total. The molecule has 1 aromatic rings. The summed E-state index contributed by atoms with van der Waals surface area (Å²) in [4.78, 5) is 11.8. The molecular formula is C8H8Cl3N5. The molecule has 0 amide bonds. The van der Waals surface area contributed by atoms with E-state index in [2.05, 4.69) is 20.3 Å². The Morgan fingerprint density at radius 2 is 2.00 bits per heavy atom. The highest BCUT2D eigenvalue weighted by atomic mass is 35.6. The van der Waals surface area contributed by atoms with Crippen LogP contribution in [-0.4, -0.2) is 21.5 Å². The van der Waals surface area contributed by atoms with Gasteiger partial charge < -0.3 is 5.32 Å². The highest BCUT2D eigenvalue weighted by Crippen LogP contribution is 2.35. The smallest absolute Gasteiger partial charge is 0.250 e. The third-order valence-electron chi connectivity index (χ3n) is 1.52. The summed E-state index contributed by atoms with van der Waals surface area (Å²) in [6.45, 7) is 2.09. The number of alkyl halides is 3. The van der Waals surface area contributed by atoms with Gasteiger partial charge in [0.25, 0.3) is 0 Å². The van der Waals surface area contributed by atoms with Gasteiger partial charge in [-0.2, -0.15) is 15.2 Å². The molecule has 1 rings (SSSR count). The molecule has 86 valence electrons. The van der Waals surface area contributed by atoms with Gasteiger partial charge in [-0.05, 0) is 6.92 Å². The summed E-state index contributed by atoms with van der Waals surface area (Å²) >= 11 is 17.0. The van der Waals surface area contributed by atoms with Crippen molar-refractivity contribution >= 4 is 40.8 Å². The van der Waals surface area contributed by atoms with Gasteiger partial charge in [-0.3, -0.25) is 0 Å². The molecule has 0 radical (unpaired) electrons. The molecule has 1 aromatic heterocycles. The van der Waals surface area contributed by atoms with Crippen LogP contribution in [0.2, 0.25) is 0 Å². The summed E-state index contributed by atoms with van der Waals surface area (Å²) in [7, 11) is 0. The number of nitrogens with one attached hydrogen (secondary N) is 1. The summed E-state index contributed by atoms with van der Waals surface area (Å²) in [5.74, 6) is 0.796. The number of hydrogen-bond acceptors (Lipinski definition) is 5. The fourth-order valence-electron chi connectivity index (χ4n) is 0.918. The van der Waals surface area contributed by atoms with Gasteiger partial charge >= 0.3 is 0 Å². The van der Waals surface area contributed by atoms with Gasteiger partial charge in [0.1, 0.15) is 5.82 Å². The maximum Gasteiger partial charge on any atom is 0.250 e. The molecule has 0 aromatic carbocycles. The second kappa shape index (κ2) is 5.48. The zero-order chi connectivity index (χ0) is 12.2. The number of hydrogen-bond donors (Lipinski definition) is 1. The Morgan fingerprint density at radius 1 is 1.31 bits per heavy atom. The maximum atomic E-state index is 8.38. The highest BCUT2D eigenvalue weighted by molar-refractivity contribution is 6.66. The monoisotopic (exact) mass is 279 g/mol. The van der Waals surface area contributed by atoms with Crippen LogP contribution in [-0.2, 0) is 3.79 Å².